The predicted octanol–water partition coefficient (Wildman–Crippen LogP) is 6.02. The zero-order valence-corrected chi connectivity index (χ0v) is 26.1. The third kappa shape index (κ3) is 7.95. The first kappa shape index (κ1) is 31.4. The van der Waals surface area contributed by atoms with E-state index in [0.29, 0.717) is 12.2 Å². The summed E-state index contributed by atoms with van der Waals surface area (Å²) in [6.07, 6.45) is 0.758. The second-order valence-corrected chi connectivity index (χ2v) is 13.0. The van der Waals surface area contributed by atoms with Crippen molar-refractivity contribution in [2.24, 2.45) is 0 Å². The van der Waals surface area contributed by atoms with Crippen molar-refractivity contribution < 1.29 is 18.0 Å². The summed E-state index contributed by atoms with van der Waals surface area (Å²) < 4.78 is 29.9. The van der Waals surface area contributed by atoms with Crippen molar-refractivity contribution in [1.82, 2.24) is 10.2 Å². The van der Waals surface area contributed by atoms with E-state index in [1.165, 1.54) is 4.90 Å². The van der Waals surface area contributed by atoms with Crippen molar-refractivity contribution in [1.29, 1.82) is 0 Å². The Kier molecular flexibility index (Phi) is 10.9. The van der Waals surface area contributed by atoms with Gasteiger partial charge in [-0.1, -0.05) is 78.7 Å². The highest BCUT2D eigenvalue weighted by Gasteiger charge is 2.32. The summed E-state index contributed by atoms with van der Waals surface area (Å²) in [5, 5.41) is 2.85. The van der Waals surface area contributed by atoms with E-state index in [4.69, 9.17) is 0 Å². The van der Waals surface area contributed by atoms with Crippen molar-refractivity contribution in [3.8, 4) is 0 Å². The number of hydrogen-bond acceptors (Lipinski definition) is 4. The minimum Gasteiger partial charge on any atom is -0.354 e. The molecular formula is C31H38BrN3O4S. The minimum atomic E-state index is -4.09. The summed E-state index contributed by atoms with van der Waals surface area (Å²) in [7, 11) is -4.09. The maximum atomic E-state index is 14.0. The molecule has 1 atom stereocenters. The Morgan fingerprint density at radius 2 is 1.50 bits per heavy atom. The molecular weight excluding hydrogens is 590 g/mol. The molecule has 0 bridgehead atoms. The largest absolute Gasteiger partial charge is 0.354 e. The van der Waals surface area contributed by atoms with E-state index >= 15 is 0 Å². The fraction of sp³-hybridized carbons (Fsp3) is 0.355. The quantitative estimate of drug-likeness (QED) is 0.266. The molecule has 7 nitrogen and oxygen atoms in total. The Morgan fingerprint density at radius 3 is 2.05 bits per heavy atom. The molecule has 0 aromatic heterocycles. The Morgan fingerprint density at radius 1 is 0.900 bits per heavy atom. The van der Waals surface area contributed by atoms with Gasteiger partial charge in [0.25, 0.3) is 10.0 Å². The lowest BCUT2D eigenvalue weighted by Crippen LogP contribution is -2.51. The lowest BCUT2D eigenvalue weighted by molar-refractivity contribution is -0.139. The van der Waals surface area contributed by atoms with Gasteiger partial charge >= 0.3 is 0 Å². The average Bonchev–Trinajstić information content (AvgIpc) is 2.94. The molecule has 1 unspecified atom stereocenters. The summed E-state index contributed by atoms with van der Waals surface area (Å²) in [5.74, 6) is -0.506. The summed E-state index contributed by atoms with van der Waals surface area (Å²) in [6, 6.07) is 20.4. The van der Waals surface area contributed by atoms with Crippen LogP contribution >= 0.6 is 15.9 Å². The molecule has 0 heterocycles. The van der Waals surface area contributed by atoms with Crippen LogP contribution in [0.25, 0.3) is 0 Å². The van der Waals surface area contributed by atoms with Crippen LogP contribution in [0.5, 0.6) is 0 Å². The second-order valence-electron chi connectivity index (χ2n) is 10.2. The zero-order valence-electron chi connectivity index (χ0n) is 23.7. The van der Waals surface area contributed by atoms with Crippen LogP contribution < -0.4 is 9.62 Å². The number of nitrogens with zero attached hydrogens (tertiary/aromatic N) is 2. The van der Waals surface area contributed by atoms with Gasteiger partial charge in [0, 0.05) is 17.6 Å². The molecule has 0 aliphatic heterocycles. The summed E-state index contributed by atoms with van der Waals surface area (Å²) in [4.78, 5) is 28.4. The van der Waals surface area contributed by atoms with Crippen molar-refractivity contribution in [3.05, 3.63) is 94.0 Å². The van der Waals surface area contributed by atoms with Crippen LogP contribution in [0.1, 0.15) is 56.7 Å². The van der Waals surface area contributed by atoms with E-state index in [1.807, 2.05) is 50.2 Å². The molecule has 0 radical (unpaired) electrons. The SMILES string of the molecule is CCCNC(=O)C(C)N(Cc1ccc(Br)cc1)C(=O)CN(c1ccc(C(C)C)cc1)S(=O)(=O)c1ccc(C)cc1. The van der Waals surface area contributed by atoms with Crippen LogP contribution in [0, 0.1) is 6.92 Å². The van der Waals surface area contributed by atoms with Crippen LogP contribution in [-0.2, 0) is 26.2 Å². The van der Waals surface area contributed by atoms with Crippen LogP contribution in [0.3, 0.4) is 0 Å². The molecule has 40 heavy (non-hydrogen) atoms. The van der Waals surface area contributed by atoms with Gasteiger partial charge in [-0.15, -0.1) is 0 Å². The molecule has 0 saturated heterocycles. The van der Waals surface area contributed by atoms with E-state index in [1.54, 1.807) is 43.3 Å². The predicted molar refractivity (Wildman–Crippen MR) is 164 cm³/mol. The summed E-state index contributed by atoms with van der Waals surface area (Å²) >= 11 is 3.42. The fourth-order valence-electron chi connectivity index (χ4n) is 4.16. The van der Waals surface area contributed by atoms with Crippen molar-refractivity contribution in [2.45, 2.75) is 64.4 Å². The first-order valence-electron chi connectivity index (χ1n) is 13.4. The molecule has 2 amide bonds. The average molecular weight is 629 g/mol. The molecule has 9 heteroatoms. The Hall–Kier alpha value is -3.17. The Bertz CT molecular complexity index is 1390. The fourth-order valence-corrected chi connectivity index (χ4v) is 5.84. The van der Waals surface area contributed by atoms with Gasteiger partial charge in [-0.2, -0.15) is 0 Å². The lowest BCUT2D eigenvalue weighted by atomic mass is 10.0. The number of amides is 2. The van der Waals surface area contributed by atoms with Gasteiger partial charge in [0.1, 0.15) is 12.6 Å². The molecule has 3 aromatic rings. The highest BCUT2D eigenvalue weighted by molar-refractivity contribution is 9.10. The van der Waals surface area contributed by atoms with E-state index in [0.717, 1.165) is 31.9 Å². The molecule has 3 aromatic carbocycles. The molecule has 0 fully saturated rings. The number of carbonyl (C=O) groups is 2. The van der Waals surface area contributed by atoms with E-state index in [-0.39, 0.29) is 23.3 Å². The first-order valence-corrected chi connectivity index (χ1v) is 15.7. The standard InChI is InChI=1S/C31H38BrN3O4S/c1-6-19-33-31(37)24(5)34(20-25-9-13-27(32)14-10-25)30(36)21-35(28-15-11-26(12-16-28)22(2)3)40(38,39)29-17-7-23(4)8-18-29/h7-18,22,24H,6,19-21H2,1-5H3,(H,33,37). The number of halogens is 1. The molecule has 1 N–H and O–H groups in total. The third-order valence-electron chi connectivity index (χ3n) is 6.72. The minimum absolute atomic E-state index is 0.0898. The highest BCUT2D eigenvalue weighted by atomic mass is 79.9. The maximum Gasteiger partial charge on any atom is 0.264 e. The number of rotatable bonds is 12. The van der Waals surface area contributed by atoms with Gasteiger partial charge in [0.2, 0.25) is 11.8 Å². The topological polar surface area (TPSA) is 86.8 Å². The molecule has 0 aliphatic carbocycles. The summed E-state index contributed by atoms with van der Waals surface area (Å²) in [6.45, 7) is 9.80. The molecule has 0 spiro atoms. The van der Waals surface area contributed by atoms with Crippen LogP contribution in [0.15, 0.2) is 82.2 Å². The monoisotopic (exact) mass is 627 g/mol. The number of benzene rings is 3. The smallest absolute Gasteiger partial charge is 0.264 e. The highest BCUT2D eigenvalue weighted by Crippen LogP contribution is 2.27. The van der Waals surface area contributed by atoms with E-state index in [2.05, 4.69) is 35.1 Å². The van der Waals surface area contributed by atoms with Crippen LogP contribution in [0.2, 0.25) is 0 Å². The van der Waals surface area contributed by atoms with E-state index in [9.17, 15) is 18.0 Å². The summed E-state index contributed by atoms with van der Waals surface area (Å²) in [5.41, 5.74) is 3.18. The second kappa shape index (κ2) is 13.9. The Labute approximate surface area is 246 Å². The maximum absolute atomic E-state index is 14.0. The van der Waals surface area contributed by atoms with E-state index < -0.39 is 28.5 Å². The number of nitrogens with one attached hydrogen (secondary N) is 1. The van der Waals surface area contributed by atoms with Gasteiger partial charge in [-0.3, -0.25) is 13.9 Å². The van der Waals surface area contributed by atoms with Crippen LogP contribution in [-0.4, -0.2) is 44.3 Å². The first-order chi connectivity index (χ1) is 18.9. The Balaban J connectivity index is 2.03. The molecule has 0 saturated carbocycles. The van der Waals surface area contributed by atoms with Crippen molar-refractivity contribution >= 4 is 43.5 Å². The van der Waals surface area contributed by atoms with Gasteiger partial charge in [0.05, 0.1) is 10.6 Å². The zero-order chi connectivity index (χ0) is 29.4. The normalized spacial score (nSPS) is 12.2. The van der Waals surface area contributed by atoms with Gasteiger partial charge in [0.15, 0.2) is 0 Å². The number of carbonyl (C=O) groups excluding carboxylic acids is 2. The van der Waals surface area contributed by atoms with Crippen molar-refractivity contribution in [2.75, 3.05) is 17.4 Å². The van der Waals surface area contributed by atoms with Gasteiger partial charge in [-0.25, -0.2) is 8.42 Å². The van der Waals surface area contributed by atoms with Crippen LogP contribution in [0.4, 0.5) is 5.69 Å². The molecule has 3 rings (SSSR count). The number of aryl methyl sites for hydroxylation is 1. The number of anilines is 1. The number of hydrogen-bond donors (Lipinski definition) is 1. The number of sulfonamides is 1. The van der Waals surface area contributed by atoms with Crippen molar-refractivity contribution in [3.63, 3.8) is 0 Å². The molecule has 214 valence electrons. The lowest BCUT2D eigenvalue weighted by Gasteiger charge is -2.32. The van der Waals surface area contributed by atoms with Gasteiger partial charge < -0.3 is 10.2 Å². The third-order valence-corrected chi connectivity index (χ3v) is 9.04. The molecule has 0 aliphatic rings. The van der Waals surface area contributed by atoms with Gasteiger partial charge in [-0.05, 0) is 73.7 Å².